The largest absolute Gasteiger partial charge is 0.284 e. The Morgan fingerprint density at radius 3 is 2.38 bits per heavy atom. The summed E-state index contributed by atoms with van der Waals surface area (Å²) in [5.74, 6) is 0.389. The number of rotatable bonds is 6. The molecule has 0 saturated carbocycles. The molecule has 0 radical (unpaired) electrons. The van der Waals surface area contributed by atoms with Crippen molar-refractivity contribution in [1.29, 1.82) is 0 Å². The predicted molar refractivity (Wildman–Crippen MR) is 56.2 cm³/mol. The zero-order valence-electron chi connectivity index (χ0n) is 9.17. The van der Waals surface area contributed by atoms with E-state index in [4.69, 9.17) is 9.68 Å². The van der Waals surface area contributed by atoms with E-state index in [0.29, 0.717) is 0 Å². The highest BCUT2D eigenvalue weighted by molar-refractivity contribution is 5.42. The van der Waals surface area contributed by atoms with Gasteiger partial charge >= 0.3 is 0 Å². The van der Waals surface area contributed by atoms with Crippen molar-refractivity contribution in [2.24, 2.45) is 4.99 Å². The van der Waals surface area contributed by atoms with E-state index in [0.717, 1.165) is 5.23 Å². The molecule has 0 spiro atoms. The van der Waals surface area contributed by atoms with Crippen molar-refractivity contribution < 1.29 is 14.5 Å². The summed E-state index contributed by atoms with van der Waals surface area (Å²) < 4.78 is 0. The number of hydrogen-bond acceptors (Lipinski definition) is 9. The second-order valence-electron chi connectivity index (χ2n) is 2.35. The van der Waals surface area contributed by atoms with Crippen LogP contribution in [-0.4, -0.2) is 43.0 Å². The number of anilines is 2. The molecular formula is C7H12N6O3. The summed E-state index contributed by atoms with van der Waals surface area (Å²) in [4.78, 5) is 29.7. The quantitative estimate of drug-likeness (QED) is 0.541. The molecular weight excluding hydrogens is 216 g/mol. The molecule has 0 fully saturated rings. The van der Waals surface area contributed by atoms with Crippen LogP contribution in [0.1, 0.15) is 0 Å². The summed E-state index contributed by atoms with van der Waals surface area (Å²) >= 11 is 0. The summed E-state index contributed by atoms with van der Waals surface area (Å²) in [7, 11) is 4.23. The Bertz CT molecular complexity index is 356. The summed E-state index contributed by atoms with van der Waals surface area (Å²) in [6.45, 7) is 3.31. The third-order valence-corrected chi connectivity index (χ3v) is 1.44. The van der Waals surface area contributed by atoms with E-state index in [1.165, 1.54) is 21.3 Å². The highest BCUT2D eigenvalue weighted by Gasteiger charge is 2.12. The van der Waals surface area contributed by atoms with Crippen LogP contribution in [0.5, 0.6) is 0 Å². The first-order valence-electron chi connectivity index (χ1n) is 4.15. The van der Waals surface area contributed by atoms with E-state index in [1.807, 2.05) is 0 Å². The van der Waals surface area contributed by atoms with Gasteiger partial charge in [0.15, 0.2) is 0 Å². The zero-order chi connectivity index (χ0) is 12.0. The van der Waals surface area contributed by atoms with Gasteiger partial charge in [-0.1, -0.05) is 5.23 Å². The van der Waals surface area contributed by atoms with Gasteiger partial charge in [-0.3, -0.25) is 4.84 Å². The van der Waals surface area contributed by atoms with Gasteiger partial charge in [-0.05, 0) is 6.72 Å². The molecule has 0 aliphatic heterocycles. The number of aliphatic imine (C=N–C) groups is 1. The predicted octanol–water partition coefficient (Wildman–Crippen LogP) is 0.106. The Labute approximate surface area is 92.0 Å². The molecule has 1 aromatic heterocycles. The number of nitrogens with zero attached hydrogens (tertiary/aromatic N) is 5. The first-order chi connectivity index (χ1) is 7.74. The maximum Gasteiger partial charge on any atom is 0.284 e. The first kappa shape index (κ1) is 12.2. The molecule has 0 bridgehead atoms. The van der Waals surface area contributed by atoms with E-state index in [2.05, 4.69) is 37.0 Å². The van der Waals surface area contributed by atoms with E-state index >= 15 is 0 Å². The minimum atomic E-state index is 0.113. The smallest absolute Gasteiger partial charge is 0.277 e. The van der Waals surface area contributed by atoms with E-state index in [9.17, 15) is 0 Å². The van der Waals surface area contributed by atoms with Gasteiger partial charge < -0.3 is 0 Å². The van der Waals surface area contributed by atoms with Gasteiger partial charge in [-0.25, -0.2) is 20.1 Å². The maximum atomic E-state index is 4.85. The van der Waals surface area contributed by atoms with Crippen molar-refractivity contribution in [1.82, 2.24) is 15.0 Å². The molecule has 0 unspecified atom stereocenters. The Morgan fingerprint density at radius 2 is 1.88 bits per heavy atom. The van der Waals surface area contributed by atoms with Crippen molar-refractivity contribution in [3.05, 3.63) is 0 Å². The average molecular weight is 228 g/mol. The van der Waals surface area contributed by atoms with Gasteiger partial charge in [0, 0.05) is 0 Å². The minimum absolute atomic E-state index is 0.113. The van der Waals surface area contributed by atoms with Crippen molar-refractivity contribution in [2.75, 3.05) is 32.0 Å². The second kappa shape index (κ2) is 5.90. The number of aromatic nitrogens is 3. The van der Waals surface area contributed by atoms with Crippen molar-refractivity contribution in [2.45, 2.75) is 0 Å². The molecule has 0 aromatic carbocycles. The van der Waals surface area contributed by atoms with Crippen molar-refractivity contribution in [3.63, 3.8) is 0 Å². The summed E-state index contributed by atoms with van der Waals surface area (Å²) in [5, 5.41) is 0.983. The standard InChI is InChI=1S/C7H12N6O3/c1-8-5-9-6(12-14-2)11-7(10-5)13(15-3)16-4/h1H2,2-4H3,(H,9,10,11,12). The SMILES string of the molecule is C=Nc1nc(NOC)nc(N(OC)OC)n1. The van der Waals surface area contributed by atoms with Crippen LogP contribution >= 0.6 is 0 Å². The molecule has 0 amide bonds. The van der Waals surface area contributed by atoms with Crippen LogP contribution in [0.25, 0.3) is 0 Å². The van der Waals surface area contributed by atoms with Gasteiger partial charge in [-0.2, -0.15) is 15.0 Å². The van der Waals surface area contributed by atoms with Gasteiger partial charge in [0.25, 0.3) is 17.8 Å². The highest BCUT2D eigenvalue weighted by atomic mass is 16.9. The Balaban J connectivity index is 3.07. The molecule has 88 valence electrons. The van der Waals surface area contributed by atoms with Gasteiger partial charge in [0.1, 0.15) is 0 Å². The zero-order valence-corrected chi connectivity index (χ0v) is 9.17. The molecule has 1 aromatic rings. The lowest BCUT2D eigenvalue weighted by molar-refractivity contribution is -0.0471. The third-order valence-electron chi connectivity index (χ3n) is 1.44. The van der Waals surface area contributed by atoms with Crippen molar-refractivity contribution >= 4 is 24.6 Å². The number of nitrogens with one attached hydrogen (secondary N) is 1. The second-order valence-corrected chi connectivity index (χ2v) is 2.35. The van der Waals surface area contributed by atoms with Crippen LogP contribution in [0.3, 0.4) is 0 Å². The average Bonchev–Trinajstić information content (AvgIpc) is 2.31. The fourth-order valence-electron chi connectivity index (χ4n) is 0.881. The molecule has 0 aliphatic rings. The molecule has 1 heterocycles. The van der Waals surface area contributed by atoms with Crippen LogP contribution in [0, 0.1) is 0 Å². The van der Waals surface area contributed by atoms with Crippen LogP contribution < -0.4 is 10.7 Å². The molecule has 0 atom stereocenters. The number of hydrogen-bond donors (Lipinski definition) is 1. The Morgan fingerprint density at radius 1 is 1.19 bits per heavy atom. The monoisotopic (exact) mass is 228 g/mol. The summed E-state index contributed by atoms with van der Waals surface area (Å²) in [5.41, 5.74) is 2.44. The molecule has 16 heavy (non-hydrogen) atoms. The van der Waals surface area contributed by atoms with Crippen LogP contribution in [0.15, 0.2) is 4.99 Å². The normalized spacial score (nSPS) is 9.94. The molecule has 1 rings (SSSR count). The minimum Gasteiger partial charge on any atom is -0.277 e. The fourth-order valence-corrected chi connectivity index (χ4v) is 0.881. The molecule has 9 nitrogen and oxygen atoms in total. The van der Waals surface area contributed by atoms with Crippen LogP contribution in [0.4, 0.5) is 17.8 Å². The van der Waals surface area contributed by atoms with E-state index < -0.39 is 0 Å². The molecule has 1 N–H and O–H groups in total. The van der Waals surface area contributed by atoms with Gasteiger partial charge in [0.2, 0.25) is 0 Å². The van der Waals surface area contributed by atoms with Gasteiger partial charge in [-0.15, -0.1) is 0 Å². The summed E-state index contributed by atoms with van der Waals surface area (Å²) in [6.07, 6.45) is 0. The molecule has 0 saturated heterocycles. The lowest BCUT2D eigenvalue weighted by Crippen LogP contribution is -2.23. The van der Waals surface area contributed by atoms with E-state index in [1.54, 1.807) is 0 Å². The van der Waals surface area contributed by atoms with Gasteiger partial charge in [0.05, 0.1) is 21.3 Å². The first-order valence-corrected chi connectivity index (χ1v) is 4.15. The van der Waals surface area contributed by atoms with Crippen molar-refractivity contribution in [3.8, 4) is 0 Å². The summed E-state index contributed by atoms with van der Waals surface area (Å²) in [6, 6.07) is 0. The Kier molecular flexibility index (Phi) is 4.51. The fraction of sp³-hybridized carbons (Fsp3) is 0.429. The third kappa shape index (κ3) is 2.82. The lowest BCUT2D eigenvalue weighted by Gasteiger charge is -2.15. The van der Waals surface area contributed by atoms with E-state index in [-0.39, 0.29) is 17.8 Å². The van der Waals surface area contributed by atoms with Crippen LogP contribution in [-0.2, 0) is 14.5 Å². The maximum absolute atomic E-state index is 4.85. The van der Waals surface area contributed by atoms with Crippen LogP contribution in [0.2, 0.25) is 0 Å². The Hall–Kier alpha value is -1.84. The highest BCUT2D eigenvalue weighted by Crippen LogP contribution is 2.14. The molecule has 0 aliphatic carbocycles. The molecule has 9 heteroatoms. The lowest BCUT2D eigenvalue weighted by atomic mass is 10.8. The topological polar surface area (TPSA) is 94.0 Å².